The SMILES string of the molecule is CC(Cl)CNC(=O)c1ccc(O)cc1F. The zero-order valence-corrected chi connectivity index (χ0v) is 8.88. The lowest BCUT2D eigenvalue weighted by Gasteiger charge is -2.07. The zero-order chi connectivity index (χ0) is 11.4. The van der Waals surface area contributed by atoms with Gasteiger partial charge in [0.25, 0.3) is 5.91 Å². The van der Waals surface area contributed by atoms with Crippen LogP contribution in [0.3, 0.4) is 0 Å². The number of carbonyl (C=O) groups excluding carboxylic acids is 1. The Morgan fingerprint density at radius 3 is 2.87 bits per heavy atom. The van der Waals surface area contributed by atoms with Crippen LogP contribution in [0.5, 0.6) is 5.75 Å². The summed E-state index contributed by atoms with van der Waals surface area (Å²) in [6.45, 7) is 1.98. The second-order valence-corrected chi connectivity index (χ2v) is 3.90. The fraction of sp³-hybridized carbons (Fsp3) is 0.300. The highest BCUT2D eigenvalue weighted by Gasteiger charge is 2.12. The molecule has 0 aliphatic carbocycles. The van der Waals surface area contributed by atoms with E-state index in [2.05, 4.69) is 5.32 Å². The number of hydrogen-bond acceptors (Lipinski definition) is 2. The van der Waals surface area contributed by atoms with Gasteiger partial charge in [-0.1, -0.05) is 0 Å². The molecule has 0 bridgehead atoms. The maximum atomic E-state index is 13.2. The third-order valence-corrected chi connectivity index (χ3v) is 1.90. The molecule has 1 rings (SSSR count). The van der Waals surface area contributed by atoms with Crippen molar-refractivity contribution in [3.05, 3.63) is 29.6 Å². The Labute approximate surface area is 91.9 Å². The number of alkyl halides is 1. The molecule has 0 aliphatic heterocycles. The molecule has 1 aromatic carbocycles. The van der Waals surface area contributed by atoms with Crippen LogP contribution in [0.15, 0.2) is 18.2 Å². The summed E-state index contributed by atoms with van der Waals surface area (Å²) in [5, 5.41) is 11.2. The van der Waals surface area contributed by atoms with Gasteiger partial charge in [0.15, 0.2) is 0 Å². The topological polar surface area (TPSA) is 49.3 Å². The van der Waals surface area contributed by atoms with Gasteiger partial charge in [0, 0.05) is 18.0 Å². The molecule has 15 heavy (non-hydrogen) atoms. The number of phenolic OH excluding ortho intramolecular Hbond substituents is 1. The Morgan fingerprint density at radius 2 is 2.33 bits per heavy atom. The lowest BCUT2D eigenvalue weighted by atomic mass is 10.2. The van der Waals surface area contributed by atoms with Crippen LogP contribution in [0, 0.1) is 5.82 Å². The van der Waals surface area contributed by atoms with Gasteiger partial charge in [-0.15, -0.1) is 11.6 Å². The van der Waals surface area contributed by atoms with Crippen molar-refractivity contribution in [2.45, 2.75) is 12.3 Å². The number of hydrogen-bond donors (Lipinski definition) is 2. The van der Waals surface area contributed by atoms with Crippen molar-refractivity contribution in [3.8, 4) is 5.75 Å². The second-order valence-electron chi connectivity index (χ2n) is 3.15. The minimum atomic E-state index is -0.755. The predicted octanol–water partition coefficient (Wildman–Crippen LogP) is 1.89. The van der Waals surface area contributed by atoms with Gasteiger partial charge < -0.3 is 10.4 Å². The number of nitrogens with one attached hydrogen (secondary N) is 1. The van der Waals surface area contributed by atoms with E-state index < -0.39 is 11.7 Å². The van der Waals surface area contributed by atoms with E-state index in [1.54, 1.807) is 6.92 Å². The fourth-order valence-corrected chi connectivity index (χ4v) is 1.09. The molecule has 1 atom stereocenters. The Morgan fingerprint density at radius 1 is 1.67 bits per heavy atom. The van der Waals surface area contributed by atoms with E-state index in [1.165, 1.54) is 12.1 Å². The Balaban J connectivity index is 2.74. The average Bonchev–Trinajstić information content (AvgIpc) is 2.14. The molecule has 1 aromatic rings. The molecule has 0 fully saturated rings. The van der Waals surface area contributed by atoms with Crippen molar-refractivity contribution < 1.29 is 14.3 Å². The third-order valence-electron chi connectivity index (χ3n) is 1.74. The van der Waals surface area contributed by atoms with Gasteiger partial charge >= 0.3 is 0 Å². The lowest BCUT2D eigenvalue weighted by molar-refractivity contribution is 0.0950. The molecule has 0 aliphatic rings. The van der Waals surface area contributed by atoms with Gasteiger partial charge in [0.1, 0.15) is 11.6 Å². The molecule has 0 aromatic heterocycles. The first-order valence-electron chi connectivity index (χ1n) is 4.41. The minimum absolute atomic E-state index is 0.106. The molecule has 1 unspecified atom stereocenters. The molecule has 0 saturated carbocycles. The van der Waals surface area contributed by atoms with E-state index in [9.17, 15) is 9.18 Å². The van der Waals surface area contributed by atoms with E-state index in [0.717, 1.165) is 6.07 Å². The molecule has 1 amide bonds. The van der Waals surface area contributed by atoms with E-state index >= 15 is 0 Å². The summed E-state index contributed by atoms with van der Waals surface area (Å²) in [7, 11) is 0. The van der Waals surface area contributed by atoms with Crippen LogP contribution in [-0.4, -0.2) is 22.9 Å². The van der Waals surface area contributed by atoms with Gasteiger partial charge in [-0.25, -0.2) is 4.39 Å². The lowest BCUT2D eigenvalue weighted by Crippen LogP contribution is -2.29. The molecular formula is C10H11ClFNO2. The zero-order valence-electron chi connectivity index (χ0n) is 8.13. The number of aromatic hydroxyl groups is 1. The average molecular weight is 232 g/mol. The first kappa shape index (κ1) is 11.8. The minimum Gasteiger partial charge on any atom is -0.508 e. The molecule has 2 N–H and O–H groups in total. The Kier molecular flexibility index (Phi) is 3.91. The molecule has 82 valence electrons. The van der Waals surface area contributed by atoms with Gasteiger partial charge in [-0.05, 0) is 19.1 Å². The van der Waals surface area contributed by atoms with Gasteiger partial charge in [0.05, 0.1) is 5.56 Å². The highest BCUT2D eigenvalue weighted by atomic mass is 35.5. The largest absolute Gasteiger partial charge is 0.508 e. The summed E-state index contributed by atoms with van der Waals surface area (Å²) in [6.07, 6.45) is 0. The second kappa shape index (κ2) is 4.98. The first-order valence-corrected chi connectivity index (χ1v) is 4.85. The summed E-state index contributed by atoms with van der Waals surface area (Å²) in [6, 6.07) is 3.36. The number of halogens is 2. The van der Waals surface area contributed by atoms with E-state index in [0.29, 0.717) is 0 Å². The van der Waals surface area contributed by atoms with Crippen molar-refractivity contribution >= 4 is 17.5 Å². The van der Waals surface area contributed by atoms with Crippen LogP contribution < -0.4 is 5.32 Å². The molecule has 0 heterocycles. The molecule has 0 saturated heterocycles. The maximum Gasteiger partial charge on any atom is 0.254 e. The summed E-state index contributed by atoms with van der Waals surface area (Å²) < 4.78 is 13.2. The van der Waals surface area contributed by atoms with Crippen LogP contribution in [-0.2, 0) is 0 Å². The van der Waals surface area contributed by atoms with Crippen LogP contribution >= 0.6 is 11.6 Å². The third kappa shape index (κ3) is 3.40. The summed E-state index contributed by atoms with van der Waals surface area (Å²) >= 11 is 5.63. The van der Waals surface area contributed by atoms with Gasteiger partial charge in [0.2, 0.25) is 0 Å². The van der Waals surface area contributed by atoms with E-state index in [4.69, 9.17) is 16.7 Å². The van der Waals surface area contributed by atoms with Crippen molar-refractivity contribution in [2.75, 3.05) is 6.54 Å². The fourth-order valence-electron chi connectivity index (χ4n) is 1.02. The number of rotatable bonds is 3. The quantitative estimate of drug-likeness (QED) is 0.781. The van der Waals surface area contributed by atoms with Crippen molar-refractivity contribution in [2.24, 2.45) is 0 Å². The van der Waals surface area contributed by atoms with Crippen LogP contribution in [0.25, 0.3) is 0 Å². The van der Waals surface area contributed by atoms with Gasteiger partial charge in [-0.3, -0.25) is 4.79 Å². The molecule has 0 spiro atoms. The van der Waals surface area contributed by atoms with Crippen LogP contribution in [0.4, 0.5) is 4.39 Å². The first-order chi connectivity index (χ1) is 7.00. The summed E-state index contributed by atoms with van der Waals surface area (Å²) in [5.41, 5.74) is -0.106. The van der Waals surface area contributed by atoms with Crippen molar-refractivity contribution in [1.29, 1.82) is 0 Å². The number of phenols is 1. The van der Waals surface area contributed by atoms with Crippen LogP contribution in [0.1, 0.15) is 17.3 Å². The van der Waals surface area contributed by atoms with Crippen molar-refractivity contribution in [1.82, 2.24) is 5.32 Å². The number of carbonyl (C=O) groups is 1. The number of amides is 1. The molecular weight excluding hydrogens is 221 g/mol. The predicted molar refractivity (Wildman–Crippen MR) is 55.7 cm³/mol. The summed E-state index contributed by atoms with van der Waals surface area (Å²) in [5.74, 6) is -1.51. The highest BCUT2D eigenvalue weighted by Crippen LogP contribution is 2.14. The Hall–Kier alpha value is -1.29. The van der Waals surface area contributed by atoms with Crippen LogP contribution in [0.2, 0.25) is 0 Å². The molecule has 5 heteroatoms. The van der Waals surface area contributed by atoms with E-state index in [1.807, 2.05) is 0 Å². The Bertz CT molecular complexity index is 368. The van der Waals surface area contributed by atoms with E-state index in [-0.39, 0.29) is 23.2 Å². The standard InChI is InChI=1S/C10H11ClFNO2/c1-6(11)5-13-10(15)8-3-2-7(14)4-9(8)12/h2-4,6,14H,5H2,1H3,(H,13,15). The normalized spacial score (nSPS) is 12.2. The maximum absolute atomic E-state index is 13.2. The van der Waals surface area contributed by atoms with Gasteiger partial charge in [-0.2, -0.15) is 0 Å². The smallest absolute Gasteiger partial charge is 0.254 e. The number of benzene rings is 1. The highest BCUT2D eigenvalue weighted by molar-refractivity contribution is 6.20. The summed E-state index contributed by atoms with van der Waals surface area (Å²) in [4.78, 5) is 11.4. The molecule has 3 nitrogen and oxygen atoms in total. The van der Waals surface area contributed by atoms with Crippen molar-refractivity contribution in [3.63, 3.8) is 0 Å². The monoisotopic (exact) mass is 231 g/mol. The molecule has 0 radical (unpaired) electrons.